The molecule has 1 aromatic heterocycles. The fourth-order valence-corrected chi connectivity index (χ4v) is 2.04. The van der Waals surface area contributed by atoms with Crippen LogP contribution in [-0.2, 0) is 12.3 Å². The number of nitrogens with zero attached hydrogens (tertiary/aromatic N) is 2. The molecule has 0 amide bonds. The van der Waals surface area contributed by atoms with Crippen LogP contribution >= 0.6 is 24.2 Å². The highest BCUT2D eigenvalue weighted by atomic mass is 35.5. The molecule has 2 rings (SSSR count). The Bertz CT molecular complexity index is 579. The Hall–Kier alpha value is -1.26. The Labute approximate surface area is 116 Å². The molecule has 5 heteroatoms. The third-order valence-corrected chi connectivity index (χ3v) is 3.25. The molecule has 1 aromatic carbocycles. The predicted octanol–water partition coefficient (Wildman–Crippen LogP) is 3.01. The van der Waals surface area contributed by atoms with Crippen LogP contribution in [0.3, 0.4) is 0 Å². The van der Waals surface area contributed by atoms with Crippen LogP contribution in [0.5, 0.6) is 0 Å². The largest absolute Gasteiger partial charge is 0.270 e. The second kappa shape index (κ2) is 5.59. The summed E-state index contributed by atoms with van der Waals surface area (Å²) >= 11 is 10.0. The first-order valence-corrected chi connectivity index (χ1v) is 6.64. The molecule has 0 spiro atoms. The molecular weight excluding hydrogens is 268 g/mol. The lowest BCUT2D eigenvalue weighted by molar-refractivity contribution is 0.614. The van der Waals surface area contributed by atoms with Gasteiger partial charge in [-0.05, 0) is 25.1 Å². The first-order chi connectivity index (χ1) is 8.65. The quantitative estimate of drug-likeness (QED) is 0.877. The van der Waals surface area contributed by atoms with Crippen molar-refractivity contribution >= 4 is 24.2 Å². The summed E-state index contributed by atoms with van der Waals surface area (Å²) in [4.78, 5) is 11.9. The average molecular weight is 281 g/mol. The molecule has 0 atom stereocenters. The van der Waals surface area contributed by atoms with Crippen LogP contribution in [0.1, 0.15) is 12.5 Å². The van der Waals surface area contributed by atoms with E-state index >= 15 is 0 Å². The Morgan fingerprint density at radius 3 is 2.56 bits per heavy atom. The number of hydrogen-bond donors (Lipinski definition) is 1. The molecule has 2 aromatic rings. The van der Waals surface area contributed by atoms with E-state index in [1.807, 2.05) is 19.1 Å². The van der Waals surface area contributed by atoms with Crippen LogP contribution in [0, 0.1) is 0 Å². The van der Waals surface area contributed by atoms with Gasteiger partial charge in [0.2, 0.25) is 0 Å². The van der Waals surface area contributed by atoms with Crippen molar-refractivity contribution in [1.82, 2.24) is 9.78 Å². The smallest absolute Gasteiger partial charge is 0.267 e. The van der Waals surface area contributed by atoms with Crippen molar-refractivity contribution in [3.8, 4) is 11.3 Å². The molecular formula is C13H13ClN2OS. The summed E-state index contributed by atoms with van der Waals surface area (Å²) in [7, 11) is 0. The number of halogens is 1. The predicted molar refractivity (Wildman–Crippen MR) is 77.3 cm³/mol. The van der Waals surface area contributed by atoms with E-state index in [-0.39, 0.29) is 5.56 Å². The van der Waals surface area contributed by atoms with Crippen LogP contribution in [0.15, 0.2) is 35.1 Å². The second-order valence-electron chi connectivity index (χ2n) is 3.84. The molecule has 1 heterocycles. The molecule has 0 saturated heterocycles. The third-order valence-electron chi connectivity index (χ3n) is 2.66. The highest BCUT2D eigenvalue weighted by Crippen LogP contribution is 2.19. The second-order valence-corrected chi connectivity index (χ2v) is 4.59. The minimum atomic E-state index is -0.0785. The summed E-state index contributed by atoms with van der Waals surface area (Å²) in [5.41, 5.74) is 2.27. The number of rotatable bonds is 3. The van der Waals surface area contributed by atoms with E-state index in [1.165, 1.54) is 4.68 Å². The molecule has 0 radical (unpaired) electrons. The lowest BCUT2D eigenvalue weighted by atomic mass is 10.1. The first-order valence-electron chi connectivity index (χ1n) is 5.63. The van der Waals surface area contributed by atoms with Crippen molar-refractivity contribution in [3.05, 3.63) is 51.3 Å². The molecule has 0 bridgehead atoms. The van der Waals surface area contributed by atoms with Gasteiger partial charge >= 0.3 is 0 Å². The zero-order valence-corrected chi connectivity index (χ0v) is 11.6. The Kier molecular flexibility index (Phi) is 4.09. The van der Waals surface area contributed by atoms with Crippen LogP contribution in [0.2, 0.25) is 5.02 Å². The normalized spacial score (nSPS) is 10.6. The van der Waals surface area contributed by atoms with E-state index in [2.05, 4.69) is 17.7 Å². The lowest BCUT2D eigenvalue weighted by Crippen LogP contribution is -2.25. The van der Waals surface area contributed by atoms with Crippen LogP contribution in [0.25, 0.3) is 11.3 Å². The van der Waals surface area contributed by atoms with E-state index in [9.17, 15) is 4.79 Å². The molecule has 0 unspecified atom stereocenters. The molecule has 0 saturated carbocycles. The number of benzene rings is 1. The van der Waals surface area contributed by atoms with E-state index < -0.39 is 0 Å². The van der Waals surface area contributed by atoms with Crippen molar-refractivity contribution in [2.75, 3.05) is 0 Å². The molecule has 0 aliphatic heterocycles. The molecule has 94 valence electrons. The van der Waals surface area contributed by atoms with E-state index in [0.717, 1.165) is 11.3 Å². The lowest BCUT2D eigenvalue weighted by Gasteiger charge is -2.08. The standard InChI is InChI=1S/C13H13ClN2OS/c1-2-16-13(17)10(8-18)7-12(15-16)9-3-5-11(14)6-4-9/h3-7,18H,2,8H2,1H3. The molecule has 3 nitrogen and oxygen atoms in total. The molecule has 0 aliphatic rings. The van der Waals surface area contributed by atoms with Crippen LogP contribution in [-0.4, -0.2) is 9.78 Å². The highest BCUT2D eigenvalue weighted by Gasteiger charge is 2.07. The number of aromatic nitrogens is 2. The van der Waals surface area contributed by atoms with Crippen molar-refractivity contribution in [2.24, 2.45) is 0 Å². The summed E-state index contributed by atoms with van der Waals surface area (Å²) in [6.07, 6.45) is 0. The summed E-state index contributed by atoms with van der Waals surface area (Å²) in [5.74, 6) is 0.405. The van der Waals surface area contributed by atoms with Gasteiger partial charge in [0.15, 0.2) is 0 Å². The van der Waals surface area contributed by atoms with Gasteiger partial charge in [-0.15, -0.1) is 0 Å². The van der Waals surface area contributed by atoms with Gasteiger partial charge in [0.05, 0.1) is 5.69 Å². The maximum atomic E-state index is 11.9. The van der Waals surface area contributed by atoms with Crippen molar-refractivity contribution in [1.29, 1.82) is 0 Å². The Morgan fingerprint density at radius 1 is 1.33 bits per heavy atom. The van der Waals surface area contributed by atoms with Gasteiger partial charge in [-0.1, -0.05) is 23.7 Å². The summed E-state index contributed by atoms with van der Waals surface area (Å²) in [5, 5.41) is 5.00. The van der Waals surface area contributed by atoms with Crippen molar-refractivity contribution in [2.45, 2.75) is 19.2 Å². The SMILES string of the molecule is CCn1nc(-c2ccc(Cl)cc2)cc(CS)c1=O. The first kappa shape index (κ1) is 13.2. The van der Waals surface area contributed by atoms with Gasteiger partial charge in [0.1, 0.15) is 0 Å². The topological polar surface area (TPSA) is 34.9 Å². The number of hydrogen-bond acceptors (Lipinski definition) is 3. The van der Waals surface area contributed by atoms with Crippen molar-refractivity contribution in [3.63, 3.8) is 0 Å². The van der Waals surface area contributed by atoms with Crippen LogP contribution < -0.4 is 5.56 Å². The zero-order chi connectivity index (χ0) is 13.1. The minimum Gasteiger partial charge on any atom is -0.267 e. The Balaban J connectivity index is 2.57. The van der Waals surface area contributed by atoms with Gasteiger partial charge < -0.3 is 0 Å². The number of thiol groups is 1. The van der Waals surface area contributed by atoms with E-state index in [1.54, 1.807) is 18.2 Å². The van der Waals surface area contributed by atoms with Gasteiger partial charge in [-0.25, -0.2) is 4.68 Å². The van der Waals surface area contributed by atoms with Crippen LogP contribution in [0.4, 0.5) is 0 Å². The van der Waals surface area contributed by atoms with Gasteiger partial charge in [-0.3, -0.25) is 4.79 Å². The van der Waals surface area contributed by atoms with E-state index in [0.29, 0.717) is 22.9 Å². The maximum absolute atomic E-state index is 11.9. The van der Waals surface area contributed by atoms with E-state index in [4.69, 9.17) is 11.6 Å². The third kappa shape index (κ3) is 2.60. The fourth-order valence-electron chi connectivity index (χ4n) is 1.69. The fraction of sp³-hybridized carbons (Fsp3) is 0.231. The minimum absolute atomic E-state index is 0.0785. The van der Waals surface area contributed by atoms with Gasteiger partial charge in [-0.2, -0.15) is 17.7 Å². The van der Waals surface area contributed by atoms with Gasteiger partial charge in [0.25, 0.3) is 5.56 Å². The maximum Gasteiger partial charge on any atom is 0.270 e. The number of aryl methyl sites for hydroxylation is 1. The molecule has 18 heavy (non-hydrogen) atoms. The molecule has 0 aliphatic carbocycles. The summed E-state index contributed by atoms with van der Waals surface area (Å²) < 4.78 is 1.45. The van der Waals surface area contributed by atoms with Crippen molar-refractivity contribution < 1.29 is 0 Å². The molecule has 0 N–H and O–H groups in total. The monoisotopic (exact) mass is 280 g/mol. The zero-order valence-electron chi connectivity index (χ0n) is 9.93. The summed E-state index contributed by atoms with van der Waals surface area (Å²) in [6.45, 7) is 2.43. The summed E-state index contributed by atoms with van der Waals surface area (Å²) in [6, 6.07) is 9.17. The highest BCUT2D eigenvalue weighted by molar-refractivity contribution is 7.79. The molecule has 0 fully saturated rings. The van der Waals surface area contributed by atoms with Gasteiger partial charge in [0, 0.05) is 28.4 Å². The Morgan fingerprint density at radius 2 is 2.00 bits per heavy atom. The average Bonchev–Trinajstić information content (AvgIpc) is 2.40.